The van der Waals surface area contributed by atoms with E-state index in [0.717, 1.165) is 11.3 Å². The summed E-state index contributed by atoms with van der Waals surface area (Å²) in [5, 5.41) is 5.54. The first-order valence-corrected chi connectivity index (χ1v) is 7.62. The number of carbonyl (C=O) groups excluding carboxylic acids is 1. The molecule has 0 saturated carbocycles. The summed E-state index contributed by atoms with van der Waals surface area (Å²) in [6.45, 7) is 0. The molecule has 1 aromatic carbocycles. The molecule has 6 heteroatoms. The van der Waals surface area contributed by atoms with Crippen molar-refractivity contribution in [3.63, 3.8) is 0 Å². The fraction of sp³-hybridized carbons (Fsp3) is 0.222. The Bertz CT molecular complexity index is 847. The Morgan fingerprint density at radius 2 is 1.96 bits per heavy atom. The number of H-pyrrole nitrogens is 2. The first-order valence-electron chi connectivity index (χ1n) is 7.62. The molecule has 2 N–H and O–H groups in total. The average Bonchev–Trinajstić information content (AvgIpc) is 3.24. The zero-order valence-electron chi connectivity index (χ0n) is 13.2. The number of hydrogen-bond donors (Lipinski definition) is 2. The van der Waals surface area contributed by atoms with Crippen molar-refractivity contribution < 1.29 is 13.9 Å². The van der Waals surface area contributed by atoms with Crippen LogP contribution in [0.3, 0.4) is 0 Å². The summed E-state index contributed by atoms with van der Waals surface area (Å²) in [6, 6.07) is 13.3. The third kappa shape index (κ3) is 3.32. The second kappa shape index (κ2) is 7.04. The van der Waals surface area contributed by atoms with E-state index < -0.39 is 11.9 Å². The Morgan fingerprint density at radius 3 is 2.62 bits per heavy atom. The van der Waals surface area contributed by atoms with Crippen molar-refractivity contribution in [2.24, 2.45) is 0 Å². The van der Waals surface area contributed by atoms with Crippen LogP contribution < -0.4 is 5.56 Å². The van der Waals surface area contributed by atoms with Crippen LogP contribution in [0.2, 0.25) is 0 Å². The minimum atomic E-state index is -0.499. The van der Waals surface area contributed by atoms with Gasteiger partial charge in [-0.1, -0.05) is 30.3 Å². The standard InChI is InChI=1S/C18H18N2O4/c1-23-16(21)11-13(15-8-5-9-24-15)17-14(19-20-18(17)22)10-12-6-3-2-4-7-12/h2-9,13H,10-11H2,1H3,(H2,19,20,22)/t13-/m0/s1. The van der Waals surface area contributed by atoms with E-state index in [4.69, 9.17) is 9.15 Å². The maximum absolute atomic E-state index is 12.4. The summed E-state index contributed by atoms with van der Waals surface area (Å²) in [7, 11) is 1.33. The number of esters is 1. The van der Waals surface area contributed by atoms with E-state index in [-0.39, 0.29) is 12.0 Å². The van der Waals surface area contributed by atoms with Crippen LogP contribution in [-0.4, -0.2) is 23.3 Å². The number of benzene rings is 1. The molecule has 0 aliphatic rings. The second-order valence-electron chi connectivity index (χ2n) is 5.48. The number of methoxy groups -OCH3 is 1. The van der Waals surface area contributed by atoms with Gasteiger partial charge < -0.3 is 14.3 Å². The van der Waals surface area contributed by atoms with Crippen LogP contribution in [0.1, 0.15) is 34.9 Å². The van der Waals surface area contributed by atoms with E-state index in [2.05, 4.69) is 10.2 Å². The summed E-state index contributed by atoms with van der Waals surface area (Å²) in [4.78, 5) is 24.2. The molecule has 0 amide bonds. The molecular formula is C18H18N2O4. The number of aromatic nitrogens is 2. The molecule has 2 heterocycles. The number of nitrogens with one attached hydrogen (secondary N) is 2. The van der Waals surface area contributed by atoms with Gasteiger partial charge in [0.25, 0.3) is 5.56 Å². The molecule has 0 bridgehead atoms. The minimum Gasteiger partial charge on any atom is -0.469 e. The maximum Gasteiger partial charge on any atom is 0.306 e. The van der Waals surface area contributed by atoms with Gasteiger partial charge in [-0.25, -0.2) is 0 Å². The maximum atomic E-state index is 12.4. The third-order valence-corrected chi connectivity index (χ3v) is 3.95. The lowest BCUT2D eigenvalue weighted by molar-refractivity contribution is -0.140. The Morgan fingerprint density at radius 1 is 1.17 bits per heavy atom. The molecule has 0 saturated heterocycles. The van der Waals surface area contributed by atoms with Crippen molar-refractivity contribution in [1.29, 1.82) is 0 Å². The van der Waals surface area contributed by atoms with Gasteiger partial charge in [0.1, 0.15) is 5.76 Å². The molecule has 6 nitrogen and oxygen atoms in total. The monoisotopic (exact) mass is 326 g/mol. The highest BCUT2D eigenvalue weighted by Crippen LogP contribution is 2.29. The highest BCUT2D eigenvalue weighted by atomic mass is 16.5. The third-order valence-electron chi connectivity index (χ3n) is 3.95. The molecule has 3 aromatic rings. The Balaban J connectivity index is 2.00. The van der Waals surface area contributed by atoms with Gasteiger partial charge in [-0.15, -0.1) is 0 Å². The summed E-state index contributed by atoms with van der Waals surface area (Å²) >= 11 is 0. The SMILES string of the molecule is COC(=O)C[C@@H](c1ccco1)c1c(Cc2ccccc2)[nH][nH]c1=O. The van der Waals surface area contributed by atoms with Crippen LogP contribution in [-0.2, 0) is 16.0 Å². The summed E-state index contributed by atoms with van der Waals surface area (Å²) < 4.78 is 10.2. The molecule has 3 rings (SSSR count). The fourth-order valence-electron chi connectivity index (χ4n) is 2.80. The van der Waals surface area contributed by atoms with Crippen molar-refractivity contribution in [3.05, 3.63) is 81.7 Å². The smallest absolute Gasteiger partial charge is 0.306 e. The van der Waals surface area contributed by atoms with Gasteiger partial charge in [0.2, 0.25) is 0 Å². The lowest BCUT2D eigenvalue weighted by Crippen LogP contribution is -2.17. The number of carbonyl (C=O) groups is 1. The van der Waals surface area contributed by atoms with E-state index in [1.54, 1.807) is 12.1 Å². The number of hydrogen-bond acceptors (Lipinski definition) is 4. The summed E-state index contributed by atoms with van der Waals surface area (Å²) in [5.74, 6) is -0.344. The van der Waals surface area contributed by atoms with Crippen LogP contribution in [0.4, 0.5) is 0 Å². The number of furan rings is 1. The van der Waals surface area contributed by atoms with Gasteiger partial charge in [-0.3, -0.25) is 14.7 Å². The minimum absolute atomic E-state index is 0.0345. The molecular weight excluding hydrogens is 308 g/mol. The van der Waals surface area contributed by atoms with Crippen molar-refractivity contribution in [1.82, 2.24) is 10.2 Å². The van der Waals surface area contributed by atoms with Gasteiger partial charge in [-0.05, 0) is 17.7 Å². The van der Waals surface area contributed by atoms with Crippen LogP contribution in [0.15, 0.2) is 57.9 Å². The van der Waals surface area contributed by atoms with Crippen molar-refractivity contribution in [2.75, 3.05) is 7.11 Å². The quantitative estimate of drug-likeness (QED) is 0.682. The van der Waals surface area contributed by atoms with Crippen LogP contribution >= 0.6 is 0 Å². The van der Waals surface area contributed by atoms with Gasteiger partial charge in [0.05, 0.1) is 31.3 Å². The largest absolute Gasteiger partial charge is 0.469 e. The molecule has 2 aromatic heterocycles. The lowest BCUT2D eigenvalue weighted by Gasteiger charge is -2.13. The molecule has 24 heavy (non-hydrogen) atoms. The van der Waals surface area contributed by atoms with Crippen molar-refractivity contribution >= 4 is 5.97 Å². The number of rotatable bonds is 6. The normalized spacial score (nSPS) is 12.0. The number of aromatic amines is 2. The lowest BCUT2D eigenvalue weighted by atomic mass is 9.91. The van der Waals surface area contributed by atoms with Crippen molar-refractivity contribution in [3.8, 4) is 0 Å². The van der Waals surface area contributed by atoms with Crippen LogP contribution in [0, 0.1) is 0 Å². The predicted molar refractivity (Wildman–Crippen MR) is 87.8 cm³/mol. The highest BCUT2D eigenvalue weighted by Gasteiger charge is 2.27. The zero-order valence-corrected chi connectivity index (χ0v) is 13.2. The number of ether oxygens (including phenoxy) is 1. The Hall–Kier alpha value is -3.02. The molecule has 0 radical (unpaired) electrons. The Kier molecular flexibility index (Phi) is 4.65. The highest BCUT2D eigenvalue weighted by molar-refractivity contribution is 5.71. The van der Waals surface area contributed by atoms with Gasteiger partial charge in [-0.2, -0.15) is 0 Å². The topological polar surface area (TPSA) is 88.1 Å². The van der Waals surface area contributed by atoms with E-state index in [1.165, 1.54) is 13.4 Å². The molecule has 0 unspecified atom stereocenters. The first-order chi connectivity index (χ1) is 11.7. The Labute approximate surface area is 138 Å². The van der Waals surface area contributed by atoms with Gasteiger partial charge in [0, 0.05) is 12.1 Å². The molecule has 0 spiro atoms. The fourth-order valence-corrected chi connectivity index (χ4v) is 2.80. The average molecular weight is 326 g/mol. The predicted octanol–water partition coefficient (Wildman–Crippen LogP) is 2.58. The molecule has 0 fully saturated rings. The molecule has 0 aliphatic carbocycles. The molecule has 1 atom stereocenters. The van der Waals surface area contributed by atoms with Gasteiger partial charge >= 0.3 is 5.97 Å². The second-order valence-corrected chi connectivity index (χ2v) is 5.48. The molecule has 0 aliphatic heterocycles. The van der Waals surface area contributed by atoms with Gasteiger partial charge in [0.15, 0.2) is 0 Å². The molecule has 124 valence electrons. The summed E-state index contributed by atoms with van der Waals surface area (Å²) in [6.07, 6.45) is 2.11. The van der Waals surface area contributed by atoms with E-state index >= 15 is 0 Å². The van der Waals surface area contributed by atoms with E-state index in [0.29, 0.717) is 17.7 Å². The van der Waals surface area contributed by atoms with Crippen LogP contribution in [0.5, 0.6) is 0 Å². The van der Waals surface area contributed by atoms with Crippen LogP contribution in [0.25, 0.3) is 0 Å². The summed E-state index contributed by atoms with van der Waals surface area (Å²) in [5.41, 5.74) is 2.03. The van der Waals surface area contributed by atoms with Crippen molar-refractivity contribution in [2.45, 2.75) is 18.8 Å². The zero-order chi connectivity index (χ0) is 16.9. The van der Waals surface area contributed by atoms with E-state index in [1.807, 2.05) is 30.3 Å². The van der Waals surface area contributed by atoms with E-state index in [9.17, 15) is 9.59 Å². The first kappa shape index (κ1) is 15.9.